The van der Waals surface area contributed by atoms with Crippen LogP contribution in [0.3, 0.4) is 0 Å². The van der Waals surface area contributed by atoms with Crippen LogP contribution in [-0.4, -0.2) is 18.1 Å². The van der Waals surface area contributed by atoms with E-state index in [0.717, 1.165) is 24.3 Å². The molecule has 1 fully saturated rings. The van der Waals surface area contributed by atoms with Gasteiger partial charge in [-0.1, -0.05) is 18.2 Å². The van der Waals surface area contributed by atoms with Gasteiger partial charge in [0.25, 0.3) is 0 Å². The normalized spacial score (nSPS) is 15.7. The maximum Gasteiger partial charge on any atom is 0.0723 e. The molecule has 3 N–H and O–H groups in total. The number of nitrogen functional groups attached to an aromatic ring is 1. The lowest BCUT2D eigenvalue weighted by atomic mass is 10.1. The summed E-state index contributed by atoms with van der Waals surface area (Å²) < 4.78 is 0. The van der Waals surface area contributed by atoms with Crippen molar-refractivity contribution in [3.05, 3.63) is 36.4 Å². The highest BCUT2D eigenvalue weighted by molar-refractivity contribution is 6.16. The Morgan fingerprint density at radius 1 is 1.00 bits per heavy atom. The predicted molar refractivity (Wildman–Crippen MR) is 81.7 cm³/mol. The SMILES string of the molecule is Nc1ccc(N2CCCC2)c2[nH]c3ccccc3c12. The van der Waals surface area contributed by atoms with Crippen LogP contribution in [-0.2, 0) is 0 Å². The number of aromatic nitrogens is 1. The van der Waals surface area contributed by atoms with Gasteiger partial charge in [-0.3, -0.25) is 0 Å². The van der Waals surface area contributed by atoms with Crippen molar-refractivity contribution in [2.75, 3.05) is 23.7 Å². The number of nitrogens with one attached hydrogen (secondary N) is 1. The van der Waals surface area contributed by atoms with Crippen LogP contribution in [0.15, 0.2) is 36.4 Å². The zero-order chi connectivity index (χ0) is 12.8. The highest BCUT2D eigenvalue weighted by Gasteiger charge is 2.18. The summed E-state index contributed by atoms with van der Waals surface area (Å²) in [5.74, 6) is 0. The van der Waals surface area contributed by atoms with E-state index in [0.29, 0.717) is 0 Å². The van der Waals surface area contributed by atoms with Gasteiger partial charge in [0.15, 0.2) is 0 Å². The van der Waals surface area contributed by atoms with Crippen LogP contribution >= 0.6 is 0 Å². The Kier molecular flexibility index (Phi) is 2.21. The number of hydrogen-bond acceptors (Lipinski definition) is 2. The number of fused-ring (bicyclic) bond motifs is 3. The molecule has 3 nitrogen and oxygen atoms in total. The van der Waals surface area contributed by atoms with Crippen LogP contribution in [0.1, 0.15) is 12.8 Å². The van der Waals surface area contributed by atoms with Crippen molar-refractivity contribution < 1.29 is 0 Å². The van der Waals surface area contributed by atoms with Gasteiger partial charge < -0.3 is 15.6 Å². The summed E-state index contributed by atoms with van der Waals surface area (Å²) in [6, 6.07) is 12.6. The Bertz CT molecular complexity index is 751. The monoisotopic (exact) mass is 251 g/mol. The summed E-state index contributed by atoms with van der Waals surface area (Å²) in [4.78, 5) is 6.00. The maximum absolute atomic E-state index is 6.20. The first kappa shape index (κ1) is 10.7. The molecule has 96 valence electrons. The third-order valence-electron chi connectivity index (χ3n) is 4.12. The quantitative estimate of drug-likeness (QED) is 0.650. The minimum Gasteiger partial charge on any atom is -0.398 e. The van der Waals surface area contributed by atoms with Crippen molar-refractivity contribution in [1.82, 2.24) is 4.98 Å². The number of aromatic amines is 1. The molecular weight excluding hydrogens is 234 g/mol. The van der Waals surface area contributed by atoms with Crippen LogP contribution < -0.4 is 10.6 Å². The molecule has 0 atom stereocenters. The first-order valence-corrected chi connectivity index (χ1v) is 6.88. The zero-order valence-electron chi connectivity index (χ0n) is 10.8. The highest BCUT2D eigenvalue weighted by atomic mass is 15.1. The van der Waals surface area contributed by atoms with E-state index in [1.165, 1.54) is 34.8 Å². The number of benzene rings is 2. The van der Waals surface area contributed by atoms with Crippen LogP contribution in [0.25, 0.3) is 21.8 Å². The smallest absolute Gasteiger partial charge is 0.0723 e. The molecule has 2 heterocycles. The fourth-order valence-corrected chi connectivity index (χ4v) is 3.19. The Morgan fingerprint density at radius 3 is 2.63 bits per heavy atom. The molecule has 0 saturated carbocycles. The largest absolute Gasteiger partial charge is 0.398 e. The van der Waals surface area contributed by atoms with Gasteiger partial charge in [0.05, 0.1) is 11.2 Å². The number of H-pyrrole nitrogens is 1. The minimum absolute atomic E-state index is 0.857. The van der Waals surface area contributed by atoms with Gasteiger partial charge in [-0.2, -0.15) is 0 Å². The van der Waals surface area contributed by atoms with E-state index in [9.17, 15) is 0 Å². The van der Waals surface area contributed by atoms with E-state index >= 15 is 0 Å². The van der Waals surface area contributed by atoms with E-state index in [1.807, 2.05) is 6.07 Å². The molecule has 1 aromatic heterocycles. The number of para-hydroxylation sites is 1. The molecule has 3 aromatic rings. The van der Waals surface area contributed by atoms with E-state index in [-0.39, 0.29) is 0 Å². The second-order valence-electron chi connectivity index (χ2n) is 5.29. The first-order valence-electron chi connectivity index (χ1n) is 6.88. The highest BCUT2D eigenvalue weighted by Crippen LogP contribution is 2.37. The minimum atomic E-state index is 0.857. The summed E-state index contributed by atoms with van der Waals surface area (Å²) in [6.45, 7) is 2.29. The molecule has 0 aliphatic carbocycles. The fraction of sp³-hybridized carbons (Fsp3) is 0.250. The van der Waals surface area contributed by atoms with Crippen molar-refractivity contribution in [3.8, 4) is 0 Å². The number of nitrogens with zero attached hydrogens (tertiary/aromatic N) is 1. The lowest BCUT2D eigenvalue weighted by Gasteiger charge is -2.18. The van der Waals surface area contributed by atoms with E-state index in [4.69, 9.17) is 5.73 Å². The van der Waals surface area contributed by atoms with Crippen LogP contribution in [0.4, 0.5) is 11.4 Å². The molecule has 2 aromatic carbocycles. The average Bonchev–Trinajstić information content (AvgIpc) is 3.06. The summed E-state index contributed by atoms with van der Waals surface area (Å²) >= 11 is 0. The molecule has 0 spiro atoms. The molecule has 1 aliphatic heterocycles. The molecule has 0 unspecified atom stereocenters. The zero-order valence-corrected chi connectivity index (χ0v) is 10.8. The summed E-state index contributed by atoms with van der Waals surface area (Å²) in [6.07, 6.45) is 2.57. The molecule has 0 amide bonds. The van der Waals surface area contributed by atoms with Crippen LogP contribution in [0, 0.1) is 0 Å². The van der Waals surface area contributed by atoms with Gasteiger partial charge in [0.1, 0.15) is 0 Å². The molecule has 0 radical (unpaired) electrons. The Labute approximate surface area is 112 Å². The van der Waals surface area contributed by atoms with E-state index in [1.54, 1.807) is 0 Å². The fourth-order valence-electron chi connectivity index (χ4n) is 3.19. The average molecular weight is 251 g/mol. The van der Waals surface area contributed by atoms with Crippen molar-refractivity contribution in [2.45, 2.75) is 12.8 Å². The van der Waals surface area contributed by atoms with Gasteiger partial charge in [0, 0.05) is 35.1 Å². The van der Waals surface area contributed by atoms with Gasteiger partial charge in [-0.25, -0.2) is 0 Å². The molecule has 19 heavy (non-hydrogen) atoms. The maximum atomic E-state index is 6.20. The standard InChI is InChI=1S/C16H17N3/c17-12-7-8-14(19-9-3-4-10-19)16-15(12)11-5-1-2-6-13(11)18-16/h1-2,5-8,18H,3-4,9-10,17H2. The van der Waals surface area contributed by atoms with Gasteiger partial charge in [0.2, 0.25) is 0 Å². The second-order valence-corrected chi connectivity index (χ2v) is 5.29. The molecule has 1 aliphatic rings. The number of anilines is 2. The number of nitrogens with two attached hydrogens (primary N) is 1. The van der Waals surface area contributed by atoms with Crippen molar-refractivity contribution >= 4 is 33.2 Å². The molecule has 0 bridgehead atoms. The van der Waals surface area contributed by atoms with Crippen LogP contribution in [0.5, 0.6) is 0 Å². The Hall–Kier alpha value is -2.16. The molecular formula is C16H17N3. The summed E-state index contributed by atoms with van der Waals surface area (Å²) in [5, 5.41) is 2.39. The number of rotatable bonds is 1. The summed E-state index contributed by atoms with van der Waals surface area (Å²) in [7, 11) is 0. The Morgan fingerprint density at radius 2 is 1.79 bits per heavy atom. The van der Waals surface area contributed by atoms with Gasteiger partial charge >= 0.3 is 0 Å². The first-order chi connectivity index (χ1) is 9.34. The third kappa shape index (κ3) is 1.51. The number of hydrogen-bond donors (Lipinski definition) is 2. The molecule has 1 saturated heterocycles. The van der Waals surface area contributed by atoms with E-state index < -0.39 is 0 Å². The second kappa shape index (κ2) is 3.92. The third-order valence-corrected chi connectivity index (χ3v) is 4.12. The van der Waals surface area contributed by atoms with Crippen LogP contribution in [0.2, 0.25) is 0 Å². The van der Waals surface area contributed by atoms with E-state index in [2.05, 4.69) is 40.2 Å². The summed E-state index contributed by atoms with van der Waals surface area (Å²) in [5.41, 5.74) is 10.7. The van der Waals surface area contributed by atoms with Crippen molar-refractivity contribution in [1.29, 1.82) is 0 Å². The molecule has 4 rings (SSSR count). The predicted octanol–water partition coefficient (Wildman–Crippen LogP) is 3.50. The van der Waals surface area contributed by atoms with Crippen molar-refractivity contribution in [2.24, 2.45) is 0 Å². The Balaban J connectivity index is 2.07. The van der Waals surface area contributed by atoms with Crippen molar-refractivity contribution in [3.63, 3.8) is 0 Å². The van der Waals surface area contributed by atoms with Gasteiger partial charge in [-0.15, -0.1) is 0 Å². The lowest BCUT2D eigenvalue weighted by molar-refractivity contribution is 0.949. The van der Waals surface area contributed by atoms with Gasteiger partial charge in [-0.05, 0) is 31.0 Å². The lowest BCUT2D eigenvalue weighted by Crippen LogP contribution is -2.17. The topological polar surface area (TPSA) is 45.0 Å². The molecule has 3 heteroatoms.